The second-order valence-corrected chi connectivity index (χ2v) is 6.52. The highest BCUT2D eigenvalue weighted by molar-refractivity contribution is 6.37. The van der Waals surface area contributed by atoms with Gasteiger partial charge in [-0.2, -0.15) is 10.2 Å². The number of benzene rings is 1. The number of methoxy groups -OCH3 is 1. The molecule has 0 atom stereocenters. The van der Waals surface area contributed by atoms with Crippen molar-refractivity contribution in [1.82, 2.24) is 9.80 Å². The van der Waals surface area contributed by atoms with Crippen LogP contribution in [0.2, 0.25) is 0 Å². The summed E-state index contributed by atoms with van der Waals surface area (Å²) in [6.45, 7) is 8.57. The topological polar surface area (TPSA) is 57.5 Å². The van der Waals surface area contributed by atoms with Crippen LogP contribution >= 0.6 is 0 Å². The van der Waals surface area contributed by atoms with Gasteiger partial charge in [0, 0.05) is 47.1 Å². The lowest BCUT2D eigenvalue weighted by atomic mass is 10.1. The Labute approximate surface area is 150 Å². The van der Waals surface area contributed by atoms with Crippen LogP contribution in [-0.4, -0.2) is 61.5 Å². The number of rotatable bonds is 7. The molecule has 1 aromatic carbocycles. The summed E-state index contributed by atoms with van der Waals surface area (Å²) in [6.07, 6.45) is 2.61. The zero-order chi connectivity index (χ0) is 18.2. The van der Waals surface area contributed by atoms with E-state index < -0.39 is 0 Å². The fourth-order valence-corrected chi connectivity index (χ4v) is 3.08. The highest BCUT2D eigenvalue weighted by Gasteiger charge is 2.18. The lowest BCUT2D eigenvalue weighted by Gasteiger charge is -2.31. The minimum atomic E-state index is -0.141. The summed E-state index contributed by atoms with van der Waals surface area (Å²) < 4.78 is 5.42. The van der Waals surface area contributed by atoms with Crippen molar-refractivity contribution in [3.8, 4) is 0 Å². The first-order valence-electron chi connectivity index (χ1n) is 8.62. The second-order valence-electron chi connectivity index (χ2n) is 6.52. The summed E-state index contributed by atoms with van der Waals surface area (Å²) in [5.41, 5.74) is 2.73. The molecule has 0 radical (unpaired) electrons. The molecule has 0 spiro atoms. The van der Waals surface area contributed by atoms with Gasteiger partial charge in [-0.3, -0.25) is 9.69 Å². The van der Waals surface area contributed by atoms with Crippen LogP contribution in [0.4, 0.5) is 0 Å². The molecule has 1 aromatic rings. The Kier molecular flexibility index (Phi) is 7.28. The summed E-state index contributed by atoms with van der Waals surface area (Å²) in [4.78, 5) is 16.2. The number of amides is 1. The van der Waals surface area contributed by atoms with Crippen LogP contribution in [0.3, 0.4) is 0 Å². The first kappa shape index (κ1) is 19.3. The Morgan fingerprint density at radius 2 is 1.88 bits per heavy atom. The molecule has 0 aliphatic carbocycles. The minimum absolute atomic E-state index is 0.141. The third-order valence-electron chi connectivity index (χ3n) is 4.59. The van der Waals surface area contributed by atoms with E-state index in [2.05, 4.69) is 46.1 Å². The molecular weight excluding hydrogens is 316 g/mol. The number of carbonyl (C=O) groups excluding carboxylic acids is 1. The fraction of sp³-hybridized carbons (Fsp3) is 0.526. The van der Waals surface area contributed by atoms with Crippen molar-refractivity contribution in [2.45, 2.75) is 39.0 Å². The lowest BCUT2D eigenvalue weighted by molar-refractivity contribution is -0.123. The summed E-state index contributed by atoms with van der Waals surface area (Å²) in [5.74, 6) is -0.141. The Hall–Kier alpha value is -2.05. The van der Waals surface area contributed by atoms with E-state index in [1.54, 1.807) is 26.0 Å². The molecule has 0 N–H and O–H groups in total. The molecule has 1 aliphatic heterocycles. The van der Waals surface area contributed by atoms with Gasteiger partial charge in [-0.05, 0) is 30.9 Å². The molecular formula is C19H28N4O2. The van der Waals surface area contributed by atoms with Crippen LogP contribution in [0.15, 0.2) is 34.5 Å². The molecule has 1 heterocycles. The maximum atomic E-state index is 12.1. The van der Waals surface area contributed by atoms with Crippen molar-refractivity contribution in [2.24, 2.45) is 10.2 Å². The van der Waals surface area contributed by atoms with Crippen LogP contribution in [-0.2, 0) is 22.6 Å². The minimum Gasteiger partial charge on any atom is -0.381 e. The van der Waals surface area contributed by atoms with Gasteiger partial charge in [0.15, 0.2) is 0 Å². The molecule has 1 fully saturated rings. The van der Waals surface area contributed by atoms with Gasteiger partial charge >= 0.3 is 0 Å². The smallest absolute Gasteiger partial charge is 0.269 e. The average Bonchev–Trinajstić information content (AvgIpc) is 2.63. The van der Waals surface area contributed by atoms with Crippen LogP contribution in [0, 0.1) is 0 Å². The van der Waals surface area contributed by atoms with Gasteiger partial charge in [-0.15, -0.1) is 0 Å². The lowest BCUT2D eigenvalue weighted by Crippen LogP contribution is -2.36. The van der Waals surface area contributed by atoms with E-state index in [1.165, 1.54) is 5.56 Å². The zero-order valence-electron chi connectivity index (χ0n) is 15.4. The van der Waals surface area contributed by atoms with Crippen molar-refractivity contribution in [1.29, 1.82) is 0 Å². The molecule has 1 amide bonds. The Morgan fingerprint density at radius 1 is 1.28 bits per heavy atom. The van der Waals surface area contributed by atoms with Gasteiger partial charge in [-0.1, -0.05) is 24.3 Å². The van der Waals surface area contributed by atoms with Gasteiger partial charge in [0.25, 0.3) is 5.91 Å². The molecule has 1 aliphatic rings. The van der Waals surface area contributed by atoms with E-state index in [-0.39, 0.29) is 5.91 Å². The van der Waals surface area contributed by atoms with E-state index in [0.29, 0.717) is 18.4 Å². The molecule has 0 unspecified atom stereocenters. The van der Waals surface area contributed by atoms with Gasteiger partial charge in [-0.25, -0.2) is 0 Å². The zero-order valence-corrected chi connectivity index (χ0v) is 15.4. The number of hydrogen-bond donors (Lipinski definition) is 0. The fourth-order valence-electron chi connectivity index (χ4n) is 3.08. The van der Waals surface area contributed by atoms with E-state index in [0.717, 1.165) is 38.0 Å². The summed E-state index contributed by atoms with van der Waals surface area (Å²) in [5, 5.41) is 7.10. The van der Waals surface area contributed by atoms with Crippen molar-refractivity contribution >= 4 is 18.3 Å². The summed E-state index contributed by atoms with van der Waals surface area (Å²) in [7, 11) is 3.56. The summed E-state index contributed by atoms with van der Waals surface area (Å²) in [6, 6.07) is 8.45. The Balaban J connectivity index is 1.86. The van der Waals surface area contributed by atoms with Crippen molar-refractivity contribution < 1.29 is 9.53 Å². The molecule has 0 saturated carbocycles. The van der Waals surface area contributed by atoms with Crippen LogP contribution in [0.25, 0.3) is 0 Å². The maximum absolute atomic E-state index is 12.1. The van der Waals surface area contributed by atoms with Crippen molar-refractivity contribution in [2.75, 3.05) is 27.2 Å². The van der Waals surface area contributed by atoms with Crippen LogP contribution in [0.1, 0.15) is 30.9 Å². The number of piperidine rings is 1. The van der Waals surface area contributed by atoms with Crippen LogP contribution < -0.4 is 0 Å². The molecule has 6 heteroatoms. The first-order chi connectivity index (χ1) is 12.0. The average molecular weight is 344 g/mol. The van der Waals surface area contributed by atoms with Gasteiger partial charge in [0.2, 0.25) is 0 Å². The first-order valence-corrected chi connectivity index (χ1v) is 8.62. The molecule has 2 rings (SSSR count). The SMILES string of the molecule is C=N/N=C(\C)C(=O)N(C)Cc1ccc(CN2CCC(OC)CC2)cc1. The third-order valence-corrected chi connectivity index (χ3v) is 4.59. The standard InChI is InChI=1S/C19H28N4O2/c1-15(21-20-2)19(24)22(3)13-16-5-7-17(8-6-16)14-23-11-9-18(25-4)10-12-23/h5-8,18H,2,9-14H2,1,3-4H3/b21-15+. The van der Waals surface area contributed by atoms with Gasteiger partial charge in [0.1, 0.15) is 5.71 Å². The molecule has 1 saturated heterocycles. The molecule has 25 heavy (non-hydrogen) atoms. The normalized spacial score (nSPS) is 16.7. The number of likely N-dealkylation sites (tertiary alicyclic amines) is 1. The van der Waals surface area contributed by atoms with E-state index >= 15 is 0 Å². The molecule has 6 nitrogen and oxygen atoms in total. The Bertz CT molecular complexity index is 604. The van der Waals surface area contributed by atoms with Crippen molar-refractivity contribution in [3.63, 3.8) is 0 Å². The number of ether oxygens (including phenoxy) is 1. The Morgan fingerprint density at radius 3 is 2.44 bits per heavy atom. The number of nitrogens with zero attached hydrogens (tertiary/aromatic N) is 4. The van der Waals surface area contributed by atoms with Gasteiger partial charge in [0.05, 0.1) is 6.10 Å². The predicted molar refractivity (Wildman–Crippen MR) is 101 cm³/mol. The largest absolute Gasteiger partial charge is 0.381 e. The van der Waals surface area contributed by atoms with E-state index in [1.807, 2.05) is 0 Å². The highest BCUT2D eigenvalue weighted by Crippen LogP contribution is 2.16. The van der Waals surface area contributed by atoms with Crippen molar-refractivity contribution in [3.05, 3.63) is 35.4 Å². The molecule has 136 valence electrons. The molecule has 0 aromatic heterocycles. The maximum Gasteiger partial charge on any atom is 0.269 e. The highest BCUT2D eigenvalue weighted by atomic mass is 16.5. The predicted octanol–water partition coefficient (Wildman–Crippen LogP) is 2.33. The van der Waals surface area contributed by atoms with Gasteiger partial charge < -0.3 is 9.64 Å². The quantitative estimate of drug-likeness (QED) is 0.563. The molecule has 0 bridgehead atoms. The van der Waals surface area contributed by atoms with E-state index in [4.69, 9.17) is 4.74 Å². The summed E-state index contributed by atoms with van der Waals surface area (Å²) >= 11 is 0. The second kappa shape index (κ2) is 9.44. The number of carbonyl (C=O) groups is 1. The van der Waals surface area contributed by atoms with E-state index in [9.17, 15) is 4.79 Å². The number of hydrogen-bond acceptors (Lipinski definition) is 5. The van der Waals surface area contributed by atoms with Crippen LogP contribution in [0.5, 0.6) is 0 Å². The monoisotopic (exact) mass is 344 g/mol. The third kappa shape index (κ3) is 5.76.